The molecule has 0 spiro atoms. The molecule has 2 aromatic carbocycles. The summed E-state index contributed by atoms with van der Waals surface area (Å²) in [7, 11) is 5.27. The molecule has 3 rings (SSSR count). The smallest absolute Gasteiger partial charge is 0.411 e. The molecule has 0 saturated carbocycles. The molecule has 0 saturated heterocycles. The summed E-state index contributed by atoms with van der Waals surface area (Å²) < 4.78 is 5.05. The van der Waals surface area contributed by atoms with E-state index in [0.717, 1.165) is 35.2 Å². The second-order valence-electron chi connectivity index (χ2n) is 7.61. The number of fused-ring (bicyclic) bond motifs is 3. The van der Waals surface area contributed by atoms with Gasteiger partial charge in [0, 0.05) is 0 Å². The minimum Gasteiger partial charge on any atom is -0.480 e. The first-order valence-corrected chi connectivity index (χ1v) is 9.87. The lowest BCUT2D eigenvalue weighted by Gasteiger charge is -2.34. The van der Waals surface area contributed by atoms with Gasteiger partial charge in [0.15, 0.2) is 0 Å². The van der Waals surface area contributed by atoms with Gasteiger partial charge < -0.3 is 14.7 Å². The first-order chi connectivity index (χ1) is 14.0. The van der Waals surface area contributed by atoms with Crippen molar-refractivity contribution in [2.75, 3.05) is 27.7 Å². The standard InChI is InChI=1S/C23H28N2O4.ClH/c1-24(2)15-9-8-14-20(22(26)27)25(23(28)29-3)21-18-12-6-4-10-16(18)17-11-5-7-13-19(17)21;/h4-7,10-13,20-21H,8-9,14-15H2,1-3H3,(H,26,27);1H. The molecule has 1 N–H and O–H groups in total. The molecule has 1 atom stereocenters. The number of rotatable bonds is 8. The van der Waals surface area contributed by atoms with Crippen LogP contribution < -0.4 is 0 Å². The van der Waals surface area contributed by atoms with Crippen molar-refractivity contribution in [1.29, 1.82) is 0 Å². The van der Waals surface area contributed by atoms with Gasteiger partial charge in [0.2, 0.25) is 0 Å². The van der Waals surface area contributed by atoms with Crippen molar-refractivity contribution in [3.8, 4) is 11.1 Å². The lowest BCUT2D eigenvalue weighted by molar-refractivity contribution is -0.143. The van der Waals surface area contributed by atoms with Gasteiger partial charge in [-0.3, -0.25) is 4.90 Å². The Morgan fingerprint density at radius 3 is 2.00 bits per heavy atom. The van der Waals surface area contributed by atoms with Crippen LogP contribution in [0.1, 0.15) is 36.4 Å². The van der Waals surface area contributed by atoms with Gasteiger partial charge >= 0.3 is 12.1 Å². The average molecular weight is 433 g/mol. The number of aliphatic carboxylic acids is 1. The molecule has 1 aliphatic carbocycles. The van der Waals surface area contributed by atoms with E-state index in [1.807, 2.05) is 62.6 Å². The molecule has 0 radical (unpaired) electrons. The monoisotopic (exact) mass is 432 g/mol. The van der Waals surface area contributed by atoms with E-state index in [4.69, 9.17) is 4.74 Å². The van der Waals surface area contributed by atoms with Crippen LogP contribution in [-0.4, -0.2) is 60.8 Å². The molecule has 0 fully saturated rings. The number of unbranched alkanes of at least 4 members (excludes halogenated alkanes) is 1. The van der Waals surface area contributed by atoms with Crippen LogP contribution in [0, 0.1) is 0 Å². The maximum atomic E-state index is 12.8. The number of carboxylic acids is 1. The normalized spacial score (nSPS) is 13.2. The van der Waals surface area contributed by atoms with Gasteiger partial charge in [-0.25, -0.2) is 9.59 Å². The van der Waals surface area contributed by atoms with Crippen LogP contribution >= 0.6 is 12.4 Å². The molecule has 162 valence electrons. The van der Waals surface area contributed by atoms with Gasteiger partial charge in [0.05, 0.1) is 13.2 Å². The lowest BCUT2D eigenvalue weighted by Crippen LogP contribution is -2.47. The van der Waals surface area contributed by atoms with Gasteiger partial charge in [-0.15, -0.1) is 12.4 Å². The highest BCUT2D eigenvalue weighted by molar-refractivity contribution is 5.85. The molecule has 0 bridgehead atoms. The van der Waals surface area contributed by atoms with Gasteiger partial charge in [-0.2, -0.15) is 0 Å². The van der Waals surface area contributed by atoms with E-state index in [2.05, 4.69) is 4.90 Å². The SMILES string of the molecule is COC(=O)N(C(CCCCN(C)C)C(=O)O)C1c2ccccc2-c2ccccc21.Cl. The van der Waals surface area contributed by atoms with Crippen molar-refractivity contribution < 1.29 is 19.4 Å². The molecule has 2 aromatic rings. The number of benzene rings is 2. The molecule has 7 heteroatoms. The minimum absolute atomic E-state index is 0. The Balaban J connectivity index is 0.00000320. The number of carbonyl (C=O) groups excluding carboxylic acids is 1. The Kier molecular flexibility index (Phi) is 8.26. The van der Waals surface area contributed by atoms with Crippen molar-refractivity contribution in [2.24, 2.45) is 0 Å². The van der Waals surface area contributed by atoms with E-state index in [0.29, 0.717) is 12.8 Å². The molecule has 1 aliphatic rings. The fourth-order valence-corrected chi connectivity index (χ4v) is 4.09. The maximum absolute atomic E-state index is 12.8. The Morgan fingerprint density at radius 2 is 1.53 bits per heavy atom. The molecular weight excluding hydrogens is 404 g/mol. The van der Waals surface area contributed by atoms with Crippen LogP contribution in [0.3, 0.4) is 0 Å². The number of hydrogen-bond donors (Lipinski definition) is 1. The van der Waals surface area contributed by atoms with E-state index < -0.39 is 24.1 Å². The van der Waals surface area contributed by atoms with E-state index in [1.165, 1.54) is 12.0 Å². The summed E-state index contributed by atoms with van der Waals surface area (Å²) in [5.74, 6) is -1.01. The number of ether oxygens (including phenoxy) is 1. The zero-order valence-electron chi connectivity index (χ0n) is 17.6. The maximum Gasteiger partial charge on any atom is 0.411 e. The number of carboxylic acid groups (broad SMARTS) is 1. The van der Waals surface area contributed by atoms with Crippen LogP contribution in [-0.2, 0) is 9.53 Å². The number of halogens is 1. The first-order valence-electron chi connectivity index (χ1n) is 9.87. The quantitative estimate of drug-likeness (QED) is 0.625. The van der Waals surface area contributed by atoms with Crippen molar-refractivity contribution >= 4 is 24.5 Å². The minimum atomic E-state index is -1.01. The molecular formula is C23H29ClN2O4. The summed E-state index contributed by atoms with van der Waals surface area (Å²) in [4.78, 5) is 28.5. The summed E-state index contributed by atoms with van der Waals surface area (Å²) in [5.41, 5.74) is 3.91. The third-order valence-electron chi connectivity index (χ3n) is 5.42. The number of carbonyl (C=O) groups is 2. The topological polar surface area (TPSA) is 70.1 Å². The molecule has 0 aliphatic heterocycles. The van der Waals surface area contributed by atoms with Gasteiger partial charge in [0.1, 0.15) is 6.04 Å². The molecule has 6 nitrogen and oxygen atoms in total. The highest BCUT2D eigenvalue weighted by Gasteiger charge is 2.41. The van der Waals surface area contributed by atoms with Crippen molar-refractivity contribution in [2.45, 2.75) is 31.3 Å². The predicted octanol–water partition coefficient (Wildman–Crippen LogP) is 4.43. The third kappa shape index (κ3) is 4.77. The van der Waals surface area contributed by atoms with E-state index >= 15 is 0 Å². The Morgan fingerprint density at radius 1 is 1.00 bits per heavy atom. The first kappa shape index (κ1) is 23.7. The summed E-state index contributed by atoms with van der Waals surface area (Å²) >= 11 is 0. The summed E-state index contributed by atoms with van der Waals surface area (Å²) in [6, 6.07) is 14.2. The second-order valence-corrected chi connectivity index (χ2v) is 7.61. The molecule has 0 aromatic heterocycles. The van der Waals surface area contributed by atoms with E-state index in [1.54, 1.807) is 0 Å². The van der Waals surface area contributed by atoms with Crippen LogP contribution in [0.15, 0.2) is 48.5 Å². The van der Waals surface area contributed by atoms with Gasteiger partial charge in [-0.05, 0) is 62.2 Å². The summed E-state index contributed by atoms with van der Waals surface area (Å²) in [5, 5.41) is 9.99. The molecule has 30 heavy (non-hydrogen) atoms. The van der Waals surface area contributed by atoms with E-state index in [9.17, 15) is 14.7 Å². The Labute approximate surface area is 183 Å². The van der Waals surface area contributed by atoms with Crippen LogP contribution in [0.5, 0.6) is 0 Å². The second kappa shape index (κ2) is 10.5. The number of hydrogen-bond acceptors (Lipinski definition) is 4. The van der Waals surface area contributed by atoms with Crippen molar-refractivity contribution in [1.82, 2.24) is 9.80 Å². The number of nitrogens with zero attached hydrogens (tertiary/aromatic N) is 2. The third-order valence-corrected chi connectivity index (χ3v) is 5.42. The molecule has 0 heterocycles. The number of methoxy groups -OCH3 is 1. The van der Waals surface area contributed by atoms with Crippen LogP contribution in [0.2, 0.25) is 0 Å². The Hall–Kier alpha value is -2.57. The zero-order valence-corrected chi connectivity index (χ0v) is 18.4. The molecule has 1 amide bonds. The predicted molar refractivity (Wildman–Crippen MR) is 119 cm³/mol. The zero-order chi connectivity index (χ0) is 21.0. The summed E-state index contributed by atoms with van der Waals surface area (Å²) in [6.07, 6.45) is 1.32. The largest absolute Gasteiger partial charge is 0.480 e. The average Bonchev–Trinajstić information content (AvgIpc) is 3.04. The van der Waals surface area contributed by atoms with Gasteiger partial charge in [-0.1, -0.05) is 48.5 Å². The lowest BCUT2D eigenvalue weighted by atomic mass is 9.99. The fourth-order valence-electron chi connectivity index (χ4n) is 4.09. The Bertz CT molecular complexity index is 842. The van der Waals surface area contributed by atoms with Crippen LogP contribution in [0.25, 0.3) is 11.1 Å². The summed E-state index contributed by atoms with van der Waals surface area (Å²) in [6.45, 7) is 0.875. The van der Waals surface area contributed by atoms with Crippen molar-refractivity contribution in [3.05, 3.63) is 59.7 Å². The van der Waals surface area contributed by atoms with Crippen LogP contribution in [0.4, 0.5) is 4.79 Å². The highest BCUT2D eigenvalue weighted by Crippen LogP contribution is 2.47. The fraction of sp³-hybridized carbons (Fsp3) is 0.391. The molecule has 1 unspecified atom stereocenters. The van der Waals surface area contributed by atoms with Crippen molar-refractivity contribution in [3.63, 3.8) is 0 Å². The van der Waals surface area contributed by atoms with E-state index in [-0.39, 0.29) is 12.4 Å². The number of amides is 1. The highest BCUT2D eigenvalue weighted by atomic mass is 35.5. The van der Waals surface area contributed by atoms with Gasteiger partial charge in [0.25, 0.3) is 0 Å².